The first kappa shape index (κ1) is 37.6. The Kier molecular flexibility index (Phi) is 10.3. The number of Topliss-reactive ketones (excluding diaryl/α,β-unsaturated/α-hetero) is 1. The lowest BCUT2D eigenvalue weighted by Gasteiger charge is -2.20. The summed E-state index contributed by atoms with van der Waals surface area (Å²) in [5.74, 6) is -1.93. The number of nitrogens with one attached hydrogen (secondary N) is 3. The van der Waals surface area contributed by atoms with Crippen molar-refractivity contribution >= 4 is 89.3 Å². The van der Waals surface area contributed by atoms with E-state index in [0.29, 0.717) is 28.3 Å². The number of benzene rings is 4. The topological polar surface area (TPSA) is 298 Å². The highest BCUT2D eigenvalue weighted by molar-refractivity contribution is 7.91. The summed E-state index contributed by atoms with van der Waals surface area (Å²) in [6, 6.07) is 20.9. The van der Waals surface area contributed by atoms with Gasteiger partial charge in [0.05, 0.1) is 28.3 Å². The Labute approximate surface area is 312 Å². The van der Waals surface area contributed by atoms with Crippen molar-refractivity contribution in [1.82, 2.24) is 0 Å². The number of hydrogen-bond acceptors (Lipinski definition) is 15. The van der Waals surface area contributed by atoms with Gasteiger partial charge >= 0.3 is 0 Å². The summed E-state index contributed by atoms with van der Waals surface area (Å²) in [5.41, 5.74) is 16.4. The van der Waals surface area contributed by atoms with Gasteiger partial charge in [-0.1, -0.05) is 18.2 Å². The van der Waals surface area contributed by atoms with Crippen molar-refractivity contribution in [2.45, 2.75) is 4.90 Å². The maximum absolute atomic E-state index is 13.6. The van der Waals surface area contributed by atoms with Gasteiger partial charge in [0.25, 0.3) is 26.1 Å². The Hall–Kier alpha value is -7.13. The second-order valence-electron chi connectivity index (χ2n) is 11.6. The summed E-state index contributed by atoms with van der Waals surface area (Å²) in [6.45, 7) is 0. The number of carbonyl (C=O) groups is 3. The van der Waals surface area contributed by atoms with Crippen LogP contribution in [0.25, 0.3) is 6.08 Å². The van der Waals surface area contributed by atoms with Crippen LogP contribution in [0.4, 0.5) is 34.1 Å². The molecule has 0 spiro atoms. The van der Waals surface area contributed by atoms with Gasteiger partial charge in [0, 0.05) is 23.0 Å². The van der Waals surface area contributed by atoms with Gasteiger partial charge in [-0.05, 0) is 90.5 Å². The van der Waals surface area contributed by atoms with E-state index in [-0.39, 0.29) is 22.7 Å². The Balaban J connectivity index is 1.21. The van der Waals surface area contributed by atoms with Crippen molar-refractivity contribution in [2.24, 2.45) is 26.2 Å². The average Bonchev–Trinajstić information content (AvgIpc) is 3.14. The Morgan fingerprint density at radius 2 is 1.35 bits per heavy atom. The first-order valence-corrected chi connectivity index (χ1v) is 18.5. The minimum Gasteiger partial charge on any atom is -0.399 e. The van der Waals surface area contributed by atoms with Crippen molar-refractivity contribution in [3.8, 4) is 0 Å². The minimum atomic E-state index is -5.09. The van der Waals surface area contributed by atoms with Gasteiger partial charge in [0.15, 0.2) is 5.71 Å². The number of amides is 1. The van der Waals surface area contributed by atoms with Gasteiger partial charge < -0.3 is 16.8 Å². The molecule has 20 heteroatoms. The van der Waals surface area contributed by atoms with E-state index in [1.54, 1.807) is 48.5 Å². The lowest BCUT2D eigenvalue weighted by molar-refractivity contribution is -0.108. The number of nitrogens with two attached hydrogens (primary N) is 2. The highest BCUT2D eigenvalue weighted by Crippen LogP contribution is 2.41. The molecule has 0 aromatic heterocycles. The molecule has 55 heavy (non-hydrogen) atoms. The second-order valence-corrected chi connectivity index (χ2v) is 14.3. The van der Waals surface area contributed by atoms with Crippen LogP contribution in [0.1, 0.15) is 26.3 Å². The number of hydrazone groups is 2. The molecule has 278 valence electrons. The quantitative estimate of drug-likeness (QED) is 0.0374. The molecule has 0 radical (unpaired) electrons. The first-order valence-electron chi connectivity index (χ1n) is 15.6. The molecule has 0 fully saturated rings. The molecule has 0 bridgehead atoms. The average molecular weight is 782 g/mol. The molecular weight excluding hydrogens is 755 g/mol. The summed E-state index contributed by atoms with van der Waals surface area (Å²) in [5, 5.41) is 18.5. The number of nitrogen functional groups attached to an aromatic ring is 1. The van der Waals surface area contributed by atoms with E-state index in [9.17, 15) is 40.3 Å². The summed E-state index contributed by atoms with van der Waals surface area (Å²) in [4.78, 5) is 36.6. The van der Waals surface area contributed by atoms with E-state index < -0.39 is 64.4 Å². The van der Waals surface area contributed by atoms with Crippen LogP contribution in [0.15, 0.2) is 139 Å². The number of anilines is 4. The lowest BCUT2D eigenvalue weighted by Crippen LogP contribution is -2.28. The van der Waals surface area contributed by atoms with Gasteiger partial charge in [0.1, 0.15) is 21.2 Å². The van der Waals surface area contributed by atoms with Crippen LogP contribution in [0.5, 0.6) is 0 Å². The number of para-hydroxylation sites is 1. The predicted octanol–water partition coefficient (Wildman–Crippen LogP) is 4.83. The third kappa shape index (κ3) is 8.58. The summed E-state index contributed by atoms with van der Waals surface area (Å²) < 4.78 is 69.2. The van der Waals surface area contributed by atoms with E-state index in [0.717, 1.165) is 12.1 Å². The van der Waals surface area contributed by atoms with E-state index in [1.165, 1.54) is 48.6 Å². The van der Waals surface area contributed by atoms with E-state index >= 15 is 0 Å². The molecule has 18 nitrogen and oxygen atoms in total. The van der Waals surface area contributed by atoms with Crippen molar-refractivity contribution < 1.29 is 40.3 Å². The van der Waals surface area contributed by atoms with Crippen LogP contribution < -0.4 is 27.6 Å². The molecule has 0 heterocycles. The highest BCUT2D eigenvalue weighted by atomic mass is 32.2. The number of nitrogens with zero attached hydrogens (tertiary/aromatic N) is 4. The molecule has 2 aliphatic carbocycles. The third-order valence-corrected chi connectivity index (χ3v) is 9.48. The molecule has 4 aromatic carbocycles. The number of hydrogen-bond donors (Lipinski definition) is 7. The zero-order chi connectivity index (χ0) is 39.5. The van der Waals surface area contributed by atoms with Gasteiger partial charge in [-0.25, -0.2) is 0 Å². The summed E-state index contributed by atoms with van der Waals surface area (Å²) in [6.07, 6.45) is 5.05. The molecule has 6 rings (SSSR count). The Morgan fingerprint density at radius 3 is 1.98 bits per heavy atom. The number of carbonyl (C=O) groups excluding carboxylic acids is 3. The Bertz CT molecular complexity index is 2670. The molecule has 2 aliphatic rings. The fourth-order valence-corrected chi connectivity index (χ4v) is 6.43. The molecule has 0 saturated carbocycles. The van der Waals surface area contributed by atoms with Crippen LogP contribution >= 0.6 is 0 Å². The van der Waals surface area contributed by atoms with Crippen LogP contribution in [0, 0.1) is 0 Å². The van der Waals surface area contributed by atoms with Crippen LogP contribution in [0.3, 0.4) is 0 Å². The smallest absolute Gasteiger partial charge is 0.296 e. The third-order valence-electron chi connectivity index (χ3n) is 7.75. The molecule has 1 amide bonds. The standard InChI is InChI=1S/C35H27N9O9S2/c36-21-8-15-26(27(45)18-21)42-39-24-9-6-19(7-10-24)35(47)38-22-11-13-25(14-12-22)41-43-32-28(54(48,49)50)16-20-17-29(55(51,52)53)33(34(46)30(20)31(32)37)44-40-23-4-2-1-3-5-23/h1-18,39-40H,36-37H2,(H,38,47)(H,48,49,50)(H,51,52,53)/b42-26-,43-41?,44-33+. The van der Waals surface area contributed by atoms with Crippen LogP contribution in [-0.4, -0.2) is 54.8 Å². The van der Waals surface area contributed by atoms with Gasteiger partial charge in [0.2, 0.25) is 11.6 Å². The molecular formula is C35H27N9O9S2. The summed E-state index contributed by atoms with van der Waals surface area (Å²) >= 11 is 0. The van der Waals surface area contributed by atoms with Gasteiger partial charge in [-0.3, -0.25) is 34.3 Å². The number of rotatable bonds is 10. The molecule has 0 atom stereocenters. The second kappa shape index (κ2) is 15.1. The number of azo groups is 1. The maximum Gasteiger partial charge on any atom is 0.296 e. The first-order chi connectivity index (χ1) is 26.1. The van der Waals surface area contributed by atoms with E-state index in [4.69, 9.17) is 11.5 Å². The van der Waals surface area contributed by atoms with Gasteiger partial charge in [-0.15, -0.1) is 5.11 Å². The molecule has 0 unspecified atom stereocenters. The van der Waals surface area contributed by atoms with E-state index in [1.807, 2.05) is 0 Å². The molecule has 0 saturated heterocycles. The minimum absolute atomic E-state index is 0.132. The van der Waals surface area contributed by atoms with Crippen molar-refractivity contribution in [1.29, 1.82) is 0 Å². The largest absolute Gasteiger partial charge is 0.399 e. The zero-order valence-corrected chi connectivity index (χ0v) is 29.5. The normalized spacial score (nSPS) is 15.8. The monoisotopic (exact) mass is 781 g/mol. The lowest BCUT2D eigenvalue weighted by atomic mass is 9.92. The van der Waals surface area contributed by atoms with Crippen molar-refractivity contribution in [3.63, 3.8) is 0 Å². The number of allylic oxidation sites excluding steroid dienone is 4. The van der Waals surface area contributed by atoms with Crippen LogP contribution in [-0.2, 0) is 25.0 Å². The van der Waals surface area contributed by atoms with E-state index in [2.05, 4.69) is 36.6 Å². The van der Waals surface area contributed by atoms with Crippen molar-refractivity contribution in [2.75, 3.05) is 21.9 Å². The Morgan fingerprint density at radius 1 is 0.709 bits per heavy atom. The highest BCUT2D eigenvalue weighted by Gasteiger charge is 2.37. The summed E-state index contributed by atoms with van der Waals surface area (Å²) in [7, 11) is -10.2. The van der Waals surface area contributed by atoms with Crippen LogP contribution in [0.2, 0.25) is 0 Å². The molecule has 9 N–H and O–H groups in total. The number of ketones is 2. The number of fused-ring (bicyclic) bond motifs is 1. The molecule has 4 aromatic rings. The van der Waals surface area contributed by atoms with Gasteiger partial charge in [-0.2, -0.15) is 32.2 Å². The fraction of sp³-hybridized carbons (Fsp3) is 0. The predicted molar refractivity (Wildman–Crippen MR) is 205 cm³/mol. The SMILES string of the molecule is NC1=CC(=O)/C(=N\Nc2ccc(C(=O)Nc3ccc(N=Nc4c(S(=O)(=O)O)cc5c(c4N)C(=O)/C(=N/Nc4ccccc4)C(S(=O)(=O)O)=C5)cc3)cc2)C=C1. The fourth-order valence-electron chi connectivity index (χ4n) is 5.10. The van der Waals surface area contributed by atoms with Crippen molar-refractivity contribution in [3.05, 3.63) is 130 Å². The molecule has 0 aliphatic heterocycles. The zero-order valence-electron chi connectivity index (χ0n) is 27.9. The maximum atomic E-state index is 13.6.